The van der Waals surface area contributed by atoms with Crippen molar-refractivity contribution in [1.82, 2.24) is 0 Å². The normalized spacial score (nSPS) is 35.2. The van der Waals surface area contributed by atoms with Gasteiger partial charge in [-0.25, -0.2) is 4.79 Å². The number of esters is 1. The molecule has 5 rings (SSSR count). The summed E-state index contributed by atoms with van der Waals surface area (Å²) in [6.07, 6.45) is -16.4. The van der Waals surface area contributed by atoms with Crippen LogP contribution in [0.15, 0.2) is 42.5 Å². The van der Waals surface area contributed by atoms with E-state index in [0.717, 1.165) is 6.08 Å². The maximum atomic E-state index is 13.4. The number of hydrogen-bond donors (Lipinski definition) is 9. The van der Waals surface area contributed by atoms with Crippen molar-refractivity contribution >= 4 is 12.0 Å². The number of carbonyl (C=O) groups excluding carboxylic acids is 1. The first-order valence-corrected chi connectivity index (χ1v) is 17.4. The molecule has 0 spiro atoms. The van der Waals surface area contributed by atoms with Gasteiger partial charge in [0.2, 0.25) is 0 Å². The van der Waals surface area contributed by atoms with Crippen molar-refractivity contribution < 1.29 is 93.4 Å². The predicted molar refractivity (Wildman–Crippen MR) is 184 cm³/mol. The zero-order valence-electron chi connectivity index (χ0n) is 30.2. The molecule has 0 amide bonds. The summed E-state index contributed by atoms with van der Waals surface area (Å²) in [5.41, 5.74) is -0.974. The molecule has 2 aromatic rings. The van der Waals surface area contributed by atoms with Crippen molar-refractivity contribution in [2.45, 2.75) is 92.8 Å². The summed E-state index contributed by atoms with van der Waals surface area (Å²) in [5, 5.41) is 94.0. The van der Waals surface area contributed by atoms with Crippen molar-refractivity contribution in [3.05, 3.63) is 53.6 Å². The van der Waals surface area contributed by atoms with Crippen LogP contribution in [-0.2, 0) is 44.4 Å². The summed E-state index contributed by atoms with van der Waals surface area (Å²) in [6, 6.07) is 9.00. The Labute approximate surface area is 315 Å². The smallest absolute Gasteiger partial charge is 0.331 e. The number of rotatable bonds is 15. The number of aromatic hydroxyl groups is 2. The maximum Gasteiger partial charge on any atom is 0.331 e. The number of ether oxygens (including phenoxy) is 9. The van der Waals surface area contributed by atoms with Gasteiger partial charge in [-0.05, 0) is 54.8 Å². The van der Waals surface area contributed by atoms with Crippen LogP contribution in [0.4, 0.5) is 0 Å². The molecule has 13 atom stereocenters. The minimum Gasteiger partial charge on any atom is -0.504 e. The lowest BCUT2D eigenvalue weighted by molar-refractivity contribution is -0.360. The highest BCUT2D eigenvalue weighted by Crippen LogP contribution is 2.34. The number of aliphatic hydroxyl groups is 7. The van der Waals surface area contributed by atoms with Crippen LogP contribution in [0.5, 0.6) is 23.0 Å². The van der Waals surface area contributed by atoms with Gasteiger partial charge in [0.25, 0.3) is 0 Å². The Morgan fingerprint density at radius 2 is 1.60 bits per heavy atom. The van der Waals surface area contributed by atoms with Gasteiger partial charge in [0.15, 0.2) is 48.0 Å². The maximum absolute atomic E-state index is 13.4. The third kappa shape index (κ3) is 9.84. The quantitative estimate of drug-likeness (QED) is 0.0701. The Morgan fingerprint density at radius 3 is 2.27 bits per heavy atom. The van der Waals surface area contributed by atoms with Crippen LogP contribution in [0, 0.1) is 0 Å². The first-order chi connectivity index (χ1) is 26.2. The number of phenolic OH excluding ortho intramolecular Hbond substituents is 2. The fraction of sp³-hybridized carbons (Fsp3) is 0.583. The Balaban J connectivity index is 1.42. The summed E-state index contributed by atoms with van der Waals surface area (Å²) < 4.78 is 50.6. The topological polar surface area (TPSA) is 282 Å². The second-order valence-corrected chi connectivity index (χ2v) is 13.3. The van der Waals surface area contributed by atoms with Gasteiger partial charge in [0.1, 0.15) is 48.3 Å². The van der Waals surface area contributed by atoms with Crippen LogP contribution >= 0.6 is 0 Å². The molecule has 3 saturated heterocycles. The van der Waals surface area contributed by atoms with Gasteiger partial charge in [-0.3, -0.25) is 0 Å². The van der Waals surface area contributed by atoms with E-state index in [1.165, 1.54) is 51.5 Å². The van der Waals surface area contributed by atoms with Gasteiger partial charge < -0.3 is 88.6 Å². The molecule has 55 heavy (non-hydrogen) atoms. The highest BCUT2D eigenvalue weighted by Gasteiger charge is 2.54. The molecule has 19 nitrogen and oxygen atoms in total. The van der Waals surface area contributed by atoms with Crippen molar-refractivity contribution in [2.75, 3.05) is 40.6 Å². The van der Waals surface area contributed by atoms with E-state index < -0.39 is 105 Å². The molecule has 0 radical (unpaired) electrons. The Morgan fingerprint density at radius 1 is 0.855 bits per heavy atom. The summed E-state index contributed by atoms with van der Waals surface area (Å²) in [5.74, 6) is -0.850. The minimum atomic E-state index is -2.04. The number of phenols is 2. The van der Waals surface area contributed by atoms with Crippen LogP contribution in [0.2, 0.25) is 0 Å². The fourth-order valence-corrected chi connectivity index (χ4v) is 6.19. The SMILES string of the molecule is COc1ccc(CCO[C@@H]2O[C@H](CO[C@H]3OC[C@](O)(CO)[C@H]3O)[C@@H](OC(=O)C=Cc3ccc(O)c(OC)c3)[C@H](O[C@@H]3O[C@@H](C)[C@H](O)[C@@H](O)[C@H]3O)[C@H]2O)cc1O. The predicted octanol–water partition coefficient (Wildman–Crippen LogP) is -1.94. The molecular formula is C36H48O19. The molecule has 0 aliphatic carbocycles. The van der Waals surface area contributed by atoms with E-state index >= 15 is 0 Å². The second kappa shape index (κ2) is 18.5. The molecule has 3 heterocycles. The zero-order chi connectivity index (χ0) is 40.0. The molecule has 9 N–H and O–H groups in total. The molecule has 3 aliphatic heterocycles. The van der Waals surface area contributed by atoms with Gasteiger partial charge in [-0.2, -0.15) is 0 Å². The zero-order valence-corrected chi connectivity index (χ0v) is 30.2. The number of hydrogen-bond acceptors (Lipinski definition) is 19. The molecule has 3 aliphatic rings. The fourth-order valence-electron chi connectivity index (χ4n) is 6.19. The second-order valence-electron chi connectivity index (χ2n) is 13.3. The summed E-state index contributed by atoms with van der Waals surface area (Å²) in [4.78, 5) is 13.4. The average Bonchev–Trinajstić information content (AvgIpc) is 3.46. The van der Waals surface area contributed by atoms with Crippen LogP contribution in [-0.4, -0.2) is 172 Å². The van der Waals surface area contributed by atoms with Crippen molar-refractivity contribution in [2.24, 2.45) is 0 Å². The van der Waals surface area contributed by atoms with E-state index in [1.54, 1.807) is 12.1 Å². The van der Waals surface area contributed by atoms with Gasteiger partial charge in [-0.15, -0.1) is 0 Å². The van der Waals surface area contributed by atoms with Crippen molar-refractivity contribution in [3.8, 4) is 23.0 Å². The standard InChI is InChI=1S/C36H48O19/c1-17-26(41)27(42)28(43)34(52-17)55-31-29(44)33(49-11-10-19-5-8-22(47-2)21(39)12-19)53-24(14-50-35-32(45)36(46,15-37)16-51-35)30(31)54-25(40)9-6-18-4-7-20(38)23(13-18)48-3/h4-9,12-13,17,24,26-35,37-39,41-46H,10-11,14-16H2,1-3H3/t17-,24+,26-,27+,28+,29+,30+,31+,32-,33+,34-,35-,36+/m0/s1. The van der Waals surface area contributed by atoms with Crippen LogP contribution < -0.4 is 9.47 Å². The van der Waals surface area contributed by atoms with E-state index in [9.17, 15) is 50.8 Å². The van der Waals surface area contributed by atoms with Gasteiger partial charge in [0.05, 0.1) is 46.8 Å². The van der Waals surface area contributed by atoms with Crippen LogP contribution in [0.1, 0.15) is 18.1 Å². The summed E-state index contributed by atoms with van der Waals surface area (Å²) in [6.45, 7) is -0.579. The van der Waals surface area contributed by atoms with Gasteiger partial charge in [-0.1, -0.05) is 12.1 Å². The molecule has 306 valence electrons. The first-order valence-electron chi connectivity index (χ1n) is 17.4. The van der Waals surface area contributed by atoms with E-state index in [-0.39, 0.29) is 36.0 Å². The highest BCUT2D eigenvalue weighted by molar-refractivity contribution is 5.87. The van der Waals surface area contributed by atoms with Crippen molar-refractivity contribution in [1.29, 1.82) is 0 Å². The third-order valence-corrected chi connectivity index (χ3v) is 9.50. The highest BCUT2D eigenvalue weighted by atomic mass is 16.8. The average molecular weight is 785 g/mol. The number of benzene rings is 2. The largest absolute Gasteiger partial charge is 0.504 e. The van der Waals surface area contributed by atoms with Gasteiger partial charge >= 0.3 is 5.97 Å². The van der Waals surface area contributed by atoms with E-state index in [2.05, 4.69) is 0 Å². The summed E-state index contributed by atoms with van der Waals surface area (Å²) in [7, 11) is 2.75. The van der Waals surface area contributed by atoms with Crippen LogP contribution in [0.25, 0.3) is 6.08 Å². The molecule has 0 unspecified atom stereocenters. The van der Waals surface area contributed by atoms with E-state index in [1.807, 2.05) is 0 Å². The molecule has 0 bridgehead atoms. The monoisotopic (exact) mass is 784 g/mol. The number of aliphatic hydroxyl groups excluding tert-OH is 6. The lowest BCUT2D eigenvalue weighted by Gasteiger charge is -2.46. The Bertz CT molecular complexity index is 1610. The molecular weight excluding hydrogens is 736 g/mol. The number of methoxy groups -OCH3 is 2. The number of carbonyl (C=O) groups is 1. The van der Waals surface area contributed by atoms with Gasteiger partial charge in [0, 0.05) is 6.08 Å². The lowest BCUT2D eigenvalue weighted by Crippen LogP contribution is -2.65. The van der Waals surface area contributed by atoms with Crippen LogP contribution in [0.3, 0.4) is 0 Å². The third-order valence-electron chi connectivity index (χ3n) is 9.50. The Hall–Kier alpha value is -3.67. The van der Waals surface area contributed by atoms with E-state index in [0.29, 0.717) is 11.1 Å². The minimum absolute atomic E-state index is 0.102. The molecule has 0 aromatic heterocycles. The first kappa shape index (κ1) is 42.5. The molecule has 3 fully saturated rings. The van der Waals surface area contributed by atoms with E-state index in [4.69, 9.17) is 42.6 Å². The Kier molecular flexibility index (Phi) is 14.3. The summed E-state index contributed by atoms with van der Waals surface area (Å²) >= 11 is 0. The molecule has 2 aromatic carbocycles. The molecule has 0 saturated carbocycles. The molecule has 19 heteroatoms. The lowest BCUT2D eigenvalue weighted by atomic mass is 9.96. The van der Waals surface area contributed by atoms with Crippen molar-refractivity contribution in [3.63, 3.8) is 0 Å².